The Labute approximate surface area is 124 Å². The number of rotatable bonds is 3. The number of hydrogen-bond acceptors (Lipinski definition) is 5. The lowest BCUT2D eigenvalue weighted by Crippen LogP contribution is -2.52. The molecule has 1 saturated heterocycles. The summed E-state index contributed by atoms with van der Waals surface area (Å²) in [6.07, 6.45) is 1.61. The molecule has 1 amide bonds. The van der Waals surface area contributed by atoms with Crippen LogP contribution in [0.5, 0.6) is 0 Å². The highest BCUT2D eigenvalue weighted by atomic mass is 16.6. The minimum Gasteiger partial charge on any atom is -0.457 e. The van der Waals surface area contributed by atoms with Gasteiger partial charge >= 0.3 is 5.97 Å². The minimum absolute atomic E-state index is 0.197. The maximum atomic E-state index is 12.4. The molecule has 0 spiro atoms. The zero-order chi connectivity index (χ0) is 15.6. The average molecular weight is 291 g/mol. The number of nitrogens with one attached hydrogen (secondary N) is 1. The fourth-order valence-corrected chi connectivity index (χ4v) is 2.60. The van der Waals surface area contributed by atoms with Crippen LogP contribution in [0, 0.1) is 0 Å². The Bertz CT molecular complexity index is 557. The number of likely N-dealkylation sites (N-methyl/N-ethyl adjacent to an activating group) is 1. The zero-order valence-electron chi connectivity index (χ0n) is 12.8. The number of pyridine rings is 1. The molecule has 1 fully saturated rings. The van der Waals surface area contributed by atoms with Gasteiger partial charge in [-0.1, -0.05) is 6.92 Å². The van der Waals surface area contributed by atoms with Crippen molar-refractivity contribution < 1.29 is 14.3 Å². The number of cyclic esters (lactones) is 1. The van der Waals surface area contributed by atoms with Crippen LogP contribution in [0.4, 0.5) is 5.69 Å². The van der Waals surface area contributed by atoms with Crippen LogP contribution >= 0.6 is 0 Å². The molecule has 2 rings (SSSR count). The highest BCUT2D eigenvalue weighted by molar-refractivity contribution is 5.91. The number of carbonyl (C=O) groups is 2. The summed E-state index contributed by atoms with van der Waals surface area (Å²) < 4.78 is 5.50. The van der Waals surface area contributed by atoms with Crippen LogP contribution in [-0.2, 0) is 14.3 Å². The second kappa shape index (κ2) is 5.81. The molecular weight excluding hydrogens is 270 g/mol. The summed E-state index contributed by atoms with van der Waals surface area (Å²) in [4.78, 5) is 30.0. The van der Waals surface area contributed by atoms with Crippen molar-refractivity contribution in [2.75, 3.05) is 18.4 Å². The molecule has 1 atom stereocenters. The second-order valence-electron chi connectivity index (χ2n) is 5.76. The average Bonchev–Trinajstić information content (AvgIpc) is 2.37. The molecule has 0 aromatic carbocycles. The molecule has 1 unspecified atom stereocenters. The SMILES string of the molecule is CCN1CC(C)(C)OC(=O)C1c1ncccc1NC(C)=O. The van der Waals surface area contributed by atoms with E-state index in [1.54, 1.807) is 18.3 Å². The number of aromatic nitrogens is 1. The molecule has 1 aromatic rings. The first-order chi connectivity index (χ1) is 9.84. The molecular formula is C15H21N3O3. The van der Waals surface area contributed by atoms with Gasteiger partial charge in [0.05, 0.1) is 11.4 Å². The van der Waals surface area contributed by atoms with Crippen LogP contribution in [0.25, 0.3) is 0 Å². The normalized spacial score (nSPS) is 21.7. The van der Waals surface area contributed by atoms with E-state index < -0.39 is 11.6 Å². The van der Waals surface area contributed by atoms with Crippen molar-refractivity contribution in [3.8, 4) is 0 Å². The van der Waals surface area contributed by atoms with Gasteiger partial charge < -0.3 is 10.1 Å². The van der Waals surface area contributed by atoms with E-state index in [-0.39, 0.29) is 11.9 Å². The Morgan fingerprint density at radius 3 is 2.90 bits per heavy atom. The quantitative estimate of drug-likeness (QED) is 0.859. The lowest BCUT2D eigenvalue weighted by atomic mass is 10.0. The summed E-state index contributed by atoms with van der Waals surface area (Å²) in [7, 11) is 0. The van der Waals surface area contributed by atoms with Gasteiger partial charge in [0.1, 0.15) is 5.60 Å². The van der Waals surface area contributed by atoms with Gasteiger partial charge in [-0.3, -0.25) is 14.7 Å². The monoisotopic (exact) mass is 291 g/mol. The Balaban J connectivity index is 2.40. The molecule has 21 heavy (non-hydrogen) atoms. The lowest BCUT2D eigenvalue weighted by molar-refractivity contribution is -0.178. The molecule has 114 valence electrons. The Morgan fingerprint density at radius 2 is 2.29 bits per heavy atom. The van der Waals surface area contributed by atoms with Gasteiger partial charge in [0.25, 0.3) is 0 Å². The van der Waals surface area contributed by atoms with Gasteiger partial charge in [-0.15, -0.1) is 0 Å². The first-order valence-corrected chi connectivity index (χ1v) is 7.03. The van der Waals surface area contributed by atoms with Crippen LogP contribution in [0.1, 0.15) is 39.4 Å². The van der Waals surface area contributed by atoms with Crippen LogP contribution < -0.4 is 5.32 Å². The van der Waals surface area contributed by atoms with Crippen molar-refractivity contribution in [2.45, 2.75) is 39.3 Å². The van der Waals surface area contributed by atoms with Gasteiger partial charge in [-0.25, -0.2) is 4.79 Å². The summed E-state index contributed by atoms with van der Waals surface area (Å²) >= 11 is 0. The first kappa shape index (κ1) is 15.4. The fraction of sp³-hybridized carbons (Fsp3) is 0.533. The Hall–Kier alpha value is -1.95. The summed E-state index contributed by atoms with van der Waals surface area (Å²) in [5.74, 6) is -0.532. The first-order valence-electron chi connectivity index (χ1n) is 7.03. The molecule has 0 aliphatic carbocycles. The molecule has 0 bridgehead atoms. The van der Waals surface area contributed by atoms with Gasteiger partial charge in [-0.2, -0.15) is 0 Å². The number of anilines is 1. The molecule has 0 radical (unpaired) electrons. The number of hydrogen-bond donors (Lipinski definition) is 1. The third kappa shape index (κ3) is 3.39. The predicted octanol–water partition coefficient (Wildman–Crippen LogP) is 1.74. The predicted molar refractivity (Wildman–Crippen MR) is 78.7 cm³/mol. The van der Waals surface area contributed by atoms with Crippen molar-refractivity contribution in [3.63, 3.8) is 0 Å². The highest BCUT2D eigenvalue weighted by Gasteiger charge is 2.42. The molecule has 6 nitrogen and oxygen atoms in total. The van der Waals surface area contributed by atoms with E-state index in [1.165, 1.54) is 6.92 Å². The van der Waals surface area contributed by atoms with Crippen LogP contribution in [0.3, 0.4) is 0 Å². The summed E-state index contributed by atoms with van der Waals surface area (Å²) in [6, 6.07) is 2.87. The Kier molecular flexibility index (Phi) is 4.27. The van der Waals surface area contributed by atoms with Crippen molar-refractivity contribution in [1.29, 1.82) is 0 Å². The van der Waals surface area contributed by atoms with Crippen LogP contribution in [0.2, 0.25) is 0 Å². The largest absolute Gasteiger partial charge is 0.457 e. The smallest absolute Gasteiger partial charge is 0.330 e. The van der Waals surface area contributed by atoms with Crippen molar-refractivity contribution in [2.24, 2.45) is 0 Å². The number of carbonyl (C=O) groups excluding carboxylic acids is 2. The fourth-order valence-electron chi connectivity index (χ4n) is 2.60. The second-order valence-corrected chi connectivity index (χ2v) is 5.76. The zero-order valence-corrected chi connectivity index (χ0v) is 12.8. The molecule has 1 aliphatic rings. The van der Waals surface area contributed by atoms with Crippen LogP contribution in [0.15, 0.2) is 18.3 Å². The third-order valence-electron chi connectivity index (χ3n) is 3.36. The number of nitrogens with zero attached hydrogens (tertiary/aromatic N) is 2. The standard InChI is InChI=1S/C15H21N3O3/c1-5-18-9-15(3,4)21-14(20)13(18)12-11(17-10(2)19)7-6-8-16-12/h6-8,13H,5,9H2,1-4H3,(H,17,19). The van der Waals surface area contributed by atoms with Crippen molar-refractivity contribution >= 4 is 17.6 Å². The molecule has 2 heterocycles. The summed E-state index contributed by atoms with van der Waals surface area (Å²) in [5.41, 5.74) is 0.548. The third-order valence-corrected chi connectivity index (χ3v) is 3.36. The van der Waals surface area contributed by atoms with E-state index in [9.17, 15) is 9.59 Å². The lowest BCUT2D eigenvalue weighted by Gasteiger charge is -2.42. The molecule has 1 N–H and O–H groups in total. The molecule has 1 aromatic heterocycles. The van der Waals surface area contributed by atoms with Gasteiger partial charge in [0.2, 0.25) is 5.91 Å². The number of morpholine rings is 1. The van der Waals surface area contributed by atoms with Crippen molar-refractivity contribution in [1.82, 2.24) is 9.88 Å². The number of ether oxygens (including phenoxy) is 1. The van der Waals surface area contributed by atoms with Gasteiger partial charge in [-0.05, 0) is 32.5 Å². The van der Waals surface area contributed by atoms with E-state index in [0.29, 0.717) is 24.5 Å². The molecule has 6 heteroatoms. The van der Waals surface area contributed by atoms with E-state index in [1.807, 2.05) is 25.7 Å². The van der Waals surface area contributed by atoms with Gasteiger partial charge in [0.15, 0.2) is 6.04 Å². The van der Waals surface area contributed by atoms with E-state index in [4.69, 9.17) is 4.74 Å². The van der Waals surface area contributed by atoms with Crippen molar-refractivity contribution in [3.05, 3.63) is 24.0 Å². The maximum absolute atomic E-state index is 12.4. The Morgan fingerprint density at radius 1 is 1.57 bits per heavy atom. The number of esters is 1. The minimum atomic E-state index is -0.592. The van der Waals surface area contributed by atoms with Crippen LogP contribution in [-0.4, -0.2) is 40.5 Å². The van der Waals surface area contributed by atoms with E-state index in [2.05, 4.69) is 10.3 Å². The van der Waals surface area contributed by atoms with E-state index >= 15 is 0 Å². The molecule has 1 aliphatic heterocycles. The summed E-state index contributed by atoms with van der Waals surface area (Å²) in [5, 5.41) is 2.72. The van der Waals surface area contributed by atoms with E-state index in [0.717, 1.165) is 0 Å². The summed E-state index contributed by atoms with van der Waals surface area (Å²) in [6.45, 7) is 8.50. The highest BCUT2D eigenvalue weighted by Crippen LogP contribution is 2.33. The molecule has 0 saturated carbocycles. The number of amides is 1. The topological polar surface area (TPSA) is 71.5 Å². The maximum Gasteiger partial charge on any atom is 0.330 e. The van der Waals surface area contributed by atoms with Gasteiger partial charge in [0, 0.05) is 19.7 Å².